The number of hydrogen-bond acceptors (Lipinski definition) is 3. The fourth-order valence-corrected chi connectivity index (χ4v) is 1.69. The number of rotatable bonds is 3. The Morgan fingerprint density at radius 1 is 1.62 bits per heavy atom. The van der Waals surface area contributed by atoms with Gasteiger partial charge in [0.1, 0.15) is 11.4 Å². The van der Waals surface area contributed by atoms with Crippen LogP contribution in [0.1, 0.15) is 40.0 Å². The molecule has 0 aromatic rings. The zero-order valence-electron chi connectivity index (χ0n) is 8.42. The lowest BCUT2D eigenvalue weighted by molar-refractivity contribution is -0.146. The molecular weight excluding hydrogens is 168 g/mol. The van der Waals surface area contributed by atoms with E-state index in [-0.39, 0.29) is 23.3 Å². The maximum Gasteiger partial charge on any atom is 0.306 e. The molecule has 3 heteroatoms. The number of esters is 1. The molecule has 0 aliphatic carbocycles. The summed E-state index contributed by atoms with van der Waals surface area (Å²) in [6, 6.07) is 0. The van der Waals surface area contributed by atoms with E-state index in [4.69, 9.17) is 4.74 Å². The van der Waals surface area contributed by atoms with E-state index in [1.54, 1.807) is 6.92 Å². The first-order chi connectivity index (χ1) is 5.92. The van der Waals surface area contributed by atoms with Gasteiger partial charge in [-0.1, -0.05) is 0 Å². The number of ketones is 1. The van der Waals surface area contributed by atoms with E-state index in [9.17, 15) is 9.59 Å². The third-order valence-electron chi connectivity index (χ3n) is 2.62. The van der Waals surface area contributed by atoms with Crippen molar-refractivity contribution in [1.29, 1.82) is 0 Å². The summed E-state index contributed by atoms with van der Waals surface area (Å²) >= 11 is 0. The molecule has 1 rings (SSSR count). The zero-order chi connectivity index (χ0) is 10.1. The minimum Gasteiger partial charge on any atom is -0.459 e. The second-order valence-electron chi connectivity index (χ2n) is 4.22. The van der Waals surface area contributed by atoms with Gasteiger partial charge in [0.25, 0.3) is 0 Å². The van der Waals surface area contributed by atoms with Gasteiger partial charge in [0.15, 0.2) is 0 Å². The van der Waals surface area contributed by atoms with Crippen molar-refractivity contribution >= 4 is 11.8 Å². The molecule has 1 saturated heterocycles. The number of ether oxygens (including phenoxy) is 1. The molecule has 3 nitrogen and oxygen atoms in total. The predicted octanol–water partition coefficient (Wildman–Crippen LogP) is 1.70. The largest absolute Gasteiger partial charge is 0.459 e. The maximum absolute atomic E-state index is 11.0. The molecule has 0 N–H and O–H groups in total. The first-order valence-corrected chi connectivity index (χ1v) is 4.63. The van der Waals surface area contributed by atoms with Gasteiger partial charge in [-0.25, -0.2) is 0 Å². The van der Waals surface area contributed by atoms with Crippen LogP contribution in [-0.4, -0.2) is 17.4 Å². The van der Waals surface area contributed by atoms with Crippen LogP contribution < -0.4 is 0 Å². The normalized spacial score (nSPS) is 25.8. The smallest absolute Gasteiger partial charge is 0.306 e. The molecule has 0 amide bonds. The molecule has 13 heavy (non-hydrogen) atoms. The Hall–Kier alpha value is -0.860. The fourth-order valence-electron chi connectivity index (χ4n) is 1.69. The van der Waals surface area contributed by atoms with Crippen molar-refractivity contribution in [2.24, 2.45) is 5.92 Å². The Morgan fingerprint density at radius 2 is 2.23 bits per heavy atom. The van der Waals surface area contributed by atoms with Gasteiger partial charge in [0, 0.05) is 12.3 Å². The van der Waals surface area contributed by atoms with Gasteiger partial charge in [-0.3, -0.25) is 4.79 Å². The molecule has 0 aromatic carbocycles. The topological polar surface area (TPSA) is 43.4 Å². The minimum absolute atomic E-state index is 0.140. The van der Waals surface area contributed by atoms with Gasteiger partial charge < -0.3 is 9.53 Å². The van der Waals surface area contributed by atoms with Gasteiger partial charge >= 0.3 is 5.97 Å². The van der Waals surface area contributed by atoms with Crippen molar-refractivity contribution in [1.82, 2.24) is 0 Å². The van der Waals surface area contributed by atoms with E-state index in [1.807, 2.05) is 13.8 Å². The van der Waals surface area contributed by atoms with Crippen LogP contribution in [0.25, 0.3) is 0 Å². The summed E-state index contributed by atoms with van der Waals surface area (Å²) in [7, 11) is 0. The van der Waals surface area contributed by atoms with E-state index in [0.29, 0.717) is 12.8 Å². The lowest BCUT2D eigenvalue weighted by Gasteiger charge is -2.24. The maximum atomic E-state index is 11.0. The highest BCUT2D eigenvalue weighted by atomic mass is 16.6. The standard InChI is InChI=1S/C10H16O3/c1-7(11)4-5-8-6-9(12)13-10(8,2)3/h8H,4-6H2,1-3H3. The summed E-state index contributed by atoms with van der Waals surface area (Å²) in [6.07, 6.45) is 1.76. The molecule has 1 aliphatic heterocycles. The number of Topliss-reactive ketones (excluding diaryl/α,β-unsaturated/α-hetero) is 1. The second-order valence-corrected chi connectivity index (χ2v) is 4.22. The first kappa shape index (κ1) is 10.2. The molecule has 1 aliphatic rings. The summed E-state index contributed by atoms with van der Waals surface area (Å²) in [5, 5.41) is 0. The third-order valence-corrected chi connectivity index (χ3v) is 2.62. The number of carbonyl (C=O) groups is 2. The molecule has 0 bridgehead atoms. The molecule has 0 spiro atoms. The Morgan fingerprint density at radius 3 is 2.62 bits per heavy atom. The van der Waals surface area contributed by atoms with Crippen LogP contribution in [-0.2, 0) is 14.3 Å². The highest BCUT2D eigenvalue weighted by Gasteiger charge is 2.41. The van der Waals surface area contributed by atoms with Gasteiger partial charge in [-0.15, -0.1) is 0 Å². The van der Waals surface area contributed by atoms with E-state index >= 15 is 0 Å². The van der Waals surface area contributed by atoms with E-state index in [0.717, 1.165) is 6.42 Å². The molecule has 1 atom stereocenters. The molecule has 1 fully saturated rings. The summed E-state index contributed by atoms with van der Waals surface area (Å²) in [4.78, 5) is 21.8. The van der Waals surface area contributed by atoms with Gasteiger partial charge in [0.2, 0.25) is 0 Å². The lowest BCUT2D eigenvalue weighted by atomic mass is 9.86. The highest BCUT2D eigenvalue weighted by molar-refractivity contribution is 5.76. The van der Waals surface area contributed by atoms with E-state index in [2.05, 4.69) is 0 Å². The van der Waals surface area contributed by atoms with Crippen molar-refractivity contribution in [3.8, 4) is 0 Å². The van der Waals surface area contributed by atoms with Crippen molar-refractivity contribution in [2.75, 3.05) is 0 Å². The first-order valence-electron chi connectivity index (χ1n) is 4.63. The molecular formula is C10H16O3. The average molecular weight is 184 g/mol. The van der Waals surface area contributed by atoms with Crippen molar-refractivity contribution in [2.45, 2.75) is 45.6 Å². The highest BCUT2D eigenvalue weighted by Crippen LogP contribution is 2.35. The fraction of sp³-hybridized carbons (Fsp3) is 0.800. The van der Waals surface area contributed by atoms with Crippen LogP contribution in [0.5, 0.6) is 0 Å². The lowest BCUT2D eigenvalue weighted by Crippen LogP contribution is -2.27. The van der Waals surface area contributed by atoms with Crippen LogP contribution in [0, 0.1) is 5.92 Å². The summed E-state index contributed by atoms with van der Waals surface area (Å²) in [5.74, 6) is 0.234. The molecule has 0 saturated carbocycles. The Labute approximate surface area is 78.5 Å². The minimum atomic E-state index is -0.382. The zero-order valence-corrected chi connectivity index (χ0v) is 8.42. The molecule has 1 heterocycles. The van der Waals surface area contributed by atoms with Gasteiger partial charge in [-0.2, -0.15) is 0 Å². The third kappa shape index (κ3) is 2.54. The Kier molecular flexibility index (Phi) is 2.74. The molecule has 74 valence electrons. The number of hydrogen-bond donors (Lipinski definition) is 0. The average Bonchev–Trinajstić information content (AvgIpc) is 2.19. The van der Waals surface area contributed by atoms with E-state index < -0.39 is 0 Å². The van der Waals surface area contributed by atoms with Crippen molar-refractivity contribution < 1.29 is 14.3 Å². The molecule has 0 aromatic heterocycles. The Balaban J connectivity index is 2.50. The van der Waals surface area contributed by atoms with E-state index in [1.165, 1.54) is 0 Å². The quantitative estimate of drug-likeness (QED) is 0.627. The van der Waals surface area contributed by atoms with Crippen LogP contribution in [0.4, 0.5) is 0 Å². The number of cyclic esters (lactones) is 1. The SMILES string of the molecule is CC(=O)CCC1CC(=O)OC1(C)C. The van der Waals surface area contributed by atoms with Crippen LogP contribution in [0.2, 0.25) is 0 Å². The van der Waals surface area contributed by atoms with Crippen LogP contribution in [0.15, 0.2) is 0 Å². The van der Waals surface area contributed by atoms with Crippen LogP contribution in [0.3, 0.4) is 0 Å². The second kappa shape index (κ2) is 3.48. The summed E-state index contributed by atoms with van der Waals surface area (Å²) < 4.78 is 5.14. The predicted molar refractivity (Wildman–Crippen MR) is 48.2 cm³/mol. The van der Waals surface area contributed by atoms with Gasteiger partial charge in [0.05, 0.1) is 6.42 Å². The molecule has 1 unspecified atom stereocenters. The van der Waals surface area contributed by atoms with Gasteiger partial charge in [-0.05, 0) is 27.2 Å². The Bertz CT molecular complexity index is 230. The monoisotopic (exact) mass is 184 g/mol. The summed E-state index contributed by atoms with van der Waals surface area (Å²) in [5.41, 5.74) is -0.382. The van der Waals surface area contributed by atoms with Crippen LogP contribution >= 0.6 is 0 Å². The van der Waals surface area contributed by atoms with Crippen molar-refractivity contribution in [3.05, 3.63) is 0 Å². The number of carbonyl (C=O) groups excluding carboxylic acids is 2. The van der Waals surface area contributed by atoms with Crippen molar-refractivity contribution in [3.63, 3.8) is 0 Å². The molecule has 0 radical (unpaired) electrons. The summed E-state index contributed by atoms with van der Waals surface area (Å²) in [6.45, 7) is 5.38.